The van der Waals surface area contributed by atoms with Crippen molar-refractivity contribution in [3.63, 3.8) is 0 Å². The van der Waals surface area contributed by atoms with E-state index in [0.29, 0.717) is 28.3 Å². The zero-order valence-electron chi connectivity index (χ0n) is 49.3. The van der Waals surface area contributed by atoms with Gasteiger partial charge in [0.25, 0.3) is 0 Å². The molecule has 3 aliphatic heterocycles. The number of aliphatic hydroxyl groups is 2. The summed E-state index contributed by atoms with van der Waals surface area (Å²) in [5, 5.41) is 58.9. The minimum absolute atomic E-state index is 0. The van der Waals surface area contributed by atoms with Crippen LogP contribution < -0.4 is 25.6 Å². The van der Waals surface area contributed by atoms with E-state index >= 15 is 0 Å². The maximum Gasteiger partial charge on any atom is 4.00 e. The molecule has 11 N–H and O–H groups in total. The summed E-state index contributed by atoms with van der Waals surface area (Å²) >= 11 is 0.969. The predicted molar refractivity (Wildman–Crippen MR) is 324 cm³/mol. The minimum Gasteiger partial charge on any atom is -0.862 e. The Morgan fingerprint density at radius 3 is 2.01 bits per heavy atom. The van der Waals surface area contributed by atoms with Crippen molar-refractivity contribution < 1.29 is 113 Å². The number of aromatic nitrogens is 8. The standard InChI is InChI=1S/C55H68N11O19P3S.Fe/c1-9-31-27(3)35-19-36-30(6)34(42(64-36)22-41-33(11-13-45(68)69)29(5)38(65-41)21-40-32(10-2)28(4)37(63-40)20-39(31)62-35)12-14-46(70)89-18-17-57-44(67)15-16-58-53(73)50(72)55(7,8)24-82-88(79,80)85-87(77,78)81-23-43-49(84-86(74,75)76)48(71)54(83-43)66-26-61-47-51(56)59-25-60-52(47)66;/h9-10,19-22,25-26,43,48-50,54,71-72H,1-2,11-18,23-24H2,3-8H3,(H11,56,57,58,59,60,62,63,64,65,67,68,69,73,74,75,76,77,78,79,80);/q;+4/p-2. The Balaban J connectivity index is 0.0000115. The SMILES string of the molecule is C=Cc1c(C)c2cc3[nH]c(cc4nc(cc5nc(cc1[nH]2)C(C)=C5CCC(=O)[O-])C(CCC(=O)SCCN=C([O-])CCN=C([O-])C(O)C(C)(C)COP(=O)(O)OP(=O)(O)OCC1OC([n+]2c[nH]c5c(N)ncnc52)C(O)C1OP(=O)(O)O)=C4C)c(C)c3C=C.[Fe+4]. The van der Waals surface area contributed by atoms with Gasteiger partial charge in [-0.15, -0.1) is 0 Å². The number of aryl methyl sites for hydroxylation is 2. The van der Waals surface area contributed by atoms with E-state index in [2.05, 4.69) is 52.4 Å². The molecule has 7 unspecified atom stereocenters. The number of anilines is 1. The molecule has 7 atom stereocenters. The van der Waals surface area contributed by atoms with Gasteiger partial charge in [-0.25, -0.2) is 28.2 Å². The summed E-state index contributed by atoms with van der Waals surface area (Å²) in [5.41, 5.74) is 16.7. The summed E-state index contributed by atoms with van der Waals surface area (Å²) < 4.78 is 63.1. The number of hydrogen-bond acceptors (Lipinski definition) is 23. The number of nitrogens with one attached hydrogen (secondary N) is 3. The number of aromatic amines is 3. The van der Waals surface area contributed by atoms with Gasteiger partial charge in [0.15, 0.2) is 23.6 Å². The fraction of sp³-hybridized carbons (Fsp3) is 0.400. The molecule has 5 aromatic heterocycles. The van der Waals surface area contributed by atoms with Gasteiger partial charge in [-0.3, -0.25) is 23.3 Å². The molecular weight excluding hydrogens is 1300 g/mol. The van der Waals surface area contributed by atoms with Crippen LogP contribution in [0.3, 0.4) is 0 Å². The second kappa shape index (κ2) is 29.1. The van der Waals surface area contributed by atoms with Crippen molar-refractivity contribution in [2.45, 2.75) is 104 Å². The predicted octanol–water partition coefficient (Wildman–Crippen LogP) is 3.77. The van der Waals surface area contributed by atoms with E-state index < -0.39 is 97.1 Å². The summed E-state index contributed by atoms with van der Waals surface area (Å²) in [6, 6.07) is 7.67. The summed E-state index contributed by atoms with van der Waals surface area (Å²) in [4.78, 5) is 100. The average Bonchev–Trinajstić information content (AvgIpc) is 1.74. The number of carboxylic acids is 1. The van der Waals surface area contributed by atoms with Crippen LogP contribution in [0.5, 0.6) is 0 Å². The number of phosphoric ester groups is 3. The second-order valence-electron chi connectivity index (χ2n) is 21.5. The van der Waals surface area contributed by atoms with Crippen LogP contribution in [0, 0.1) is 19.3 Å². The van der Waals surface area contributed by atoms with Gasteiger partial charge in [0.2, 0.25) is 11.7 Å². The zero-order chi connectivity index (χ0) is 65.1. The summed E-state index contributed by atoms with van der Waals surface area (Å²) in [6.07, 6.45) is -3.36. The van der Waals surface area contributed by atoms with Gasteiger partial charge in [0.1, 0.15) is 18.3 Å². The molecular formula is C55H66FeN11O19P3S+2. The first kappa shape index (κ1) is 71.1. The molecule has 3 aliphatic rings. The number of carbonyl (C=O) groups is 2. The minimum atomic E-state index is -5.64. The van der Waals surface area contributed by atoms with Crippen molar-refractivity contribution in [2.24, 2.45) is 15.4 Å². The van der Waals surface area contributed by atoms with Gasteiger partial charge >= 0.3 is 46.2 Å². The van der Waals surface area contributed by atoms with Crippen molar-refractivity contribution in [3.8, 4) is 0 Å². The Bertz CT molecular complexity index is 4090. The number of phosphoric acid groups is 3. The van der Waals surface area contributed by atoms with Crippen molar-refractivity contribution in [1.29, 1.82) is 0 Å². The van der Waals surface area contributed by atoms with Gasteiger partial charge < -0.3 is 80.3 Å². The van der Waals surface area contributed by atoms with E-state index in [1.165, 1.54) is 20.2 Å². The molecule has 1 saturated heterocycles. The van der Waals surface area contributed by atoms with Crippen LogP contribution in [-0.2, 0) is 63.0 Å². The number of allylic oxidation sites excluding steroid dienone is 4. The molecule has 30 nitrogen and oxygen atoms in total. The summed E-state index contributed by atoms with van der Waals surface area (Å²) in [7, 11) is -16.6. The van der Waals surface area contributed by atoms with E-state index in [1.54, 1.807) is 12.2 Å². The van der Waals surface area contributed by atoms with Crippen molar-refractivity contribution in [1.82, 2.24) is 34.9 Å². The van der Waals surface area contributed by atoms with Gasteiger partial charge in [-0.2, -0.15) is 9.29 Å². The number of fused-ring (bicyclic) bond motifs is 9. The topological polar surface area (TPSA) is 476 Å². The number of nitrogens with two attached hydrogens (primary N) is 1. The molecule has 0 amide bonds. The van der Waals surface area contributed by atoms with E-state index in [-0.39, 0.29) is 83.6 Å². The number of carboxylic acid groups (broad SMARTS) is 1. The zero-order valence-corrected chi connectivity index (χ0v) is 53.9. The van der Waals surface area contributed by atoms with Crippen LogP contribution in [-0.4, -0.2) is 144 Å². The molecule has 0 spiro atoms. The fourth-order valence-electron chi connectivity index (χ4n) is 10.1. The maximum atomic E-state index is 13.4. The van der Waals surface area contributed by atoms with Crippen molar-refractivity contribution in [3.05, 3.63) is 95.1 Å². The third-order valence-electron chi connectivity index (χ3n) is 14.9. The Labute approximate surface area is 529 Å². The number of ether oxygens (including phenoxy) is 1. The van der Waals surface area contributed by atoms with Crippen LogP contribution >= 0.6 is 35.2 Å². The largest absolute Gasteiger partial charge is 4.00 e. The molecule has 0 radical (unpaired) electrons. The third kappa shape index (κ3) is 16.8. The average molecular weight is 1370 g/mol. The maximum absolute atomic E-state index is 13.4. The van der Waals surface area contributed by atoms with Gasteiger partial charge in [-0.1, -0.05) is 55.9 Å². The normalized spacial score (nSPS) is 19.2. The Kier molecular flexibility index (Phi) is 23.0. The van der Waals surface area contributed by atoms with Gasteiger partial charge in [0, 0.05) is 69.8 Å². The fourth-order valence-corrected chi connectivity index (χ4v) is 13.6. The molecule has 482 valence electrons. The number of aliphatic hydroxyl groups excluding tert-OH is 2. The molecule has 8 bridgehead atoms. The van der Waals surface area contributed by atoms with Gasteiger partial charge in [-0.05, 0) is 123 Å². The van der Waals surface area contributed by atoms with E-state index in [1.807, 2.05) is 52.0 Å². The molecule has 8 heterocycles. The molecule has 0 aromatic carbocycles. The number of H-pyrrole nitrogens is 3. The van der Waals surface area contributed by atoms with E-state index in [9.17, 15) is 68.4 Å². The number of nitrogens with zero attached hydrogens (tertiary/aromatic N) is 7. The second-order valence-corrected chi connectivity index (χ2v) is 26.9. The first-order valence-electron chi connectivity index (χ1n) is 27.4. The Morgan fingerprint density at radius 1 is 0.833 bits per heavy atom. The number of aliphatic imine (C=N–C) groups is 2. The summed E-state index contributed by atoms with van der Waals surface area (Å²) in [5.74, 6) is -2.90. The molecule has 0 aliphatic carbocycles. The molecule has 0 saturated carbocycles. The third-order valence-corrected chi connectivity index (χ3v) is 18.9. The van der Waals surface area contributed by atoms with E-state index in [4.69, 9.17) is 34.0 Å². The molecule has 8 rings (SSSR count). The Hall–Kier alpha value is -6.37. The monoisotopic (exact) mass is 1370 g/mol. The smallest absolute Gasteiger partial charge is 0.862 e. The number of hydrogen-bond donors (Lipinski definition) is 10. The number of carbonyl (C=O) groups excluding carboxylic acids is 2. The van der Waals surface area contributed by atoms with Crippen LogP contribution in [0.15, 0.2) is 60.1 Å². The first-order valence-corrected chi connectivity index (χ1v) is 32.9. The molecule has 90 heavy (non-hydrogen) atoms. The number of aliphatic carboxylic acids is 1. The van der Waals surface area contributed by atoms with Gasteiger partial charge in [0.05, 0.1) is 42.1 Å². The van der Waals surface area contributed by atoms with Crippen LogP contribution in [0.2, 0.25) is 0 Å². The number of nitrogen functional groups attached to an aromatic ring is 1. The molecule has 35 heteroatoms. The molecule has 5 aromatic rings. The quantitative estimate of drug-likeness (QED) is 0.00893. The first-order chi connectivity index (χ1) is 41.8. The Morgan fingerprint density at radius 2 is 1.41 bits per heavy atom. The van der Waals surface area contributed by atoms with Crippen LogP contribution in [0.1, 0.15) is 111 Å². The van der Waals surface area contributed by atoms with E-state index in [0.717, 1.165) is 83.7 Å². The van der Waals surface area contributed by atoms with Crippen LogP contribution in [0.25, 0.3) is 67.7 Å². The number of thioether (sulfide) groups is 1. The summed E-state index contributed by atoms with van der Waals surface area (Å²) in [6.45, 7) is 15.7. The molecule has 1 fully saturated rings. The van der Waals surface area contributed by atoms with Crippen molar-refractivity contribution >= 4 is 132 Å². The number of imidazole rings is 1. The van der Waals surface area contributed by atoms with Crippen LogP contribution in [0.4, 0.5) is 5.82 Å². The van der Waals surface area contributed by atoms with Crippen molar-refractivity contribution in [2.75, 3.05) is 37.8 Å². The number of rotatable bonds is 27.